The number of rotatable bonds is 8. The molecule has 3 N–H and O–H groups in total. The van der Waals surface area contributed by atoms with E-state index in [1.54, 1.807) is 12.1 Å². The third-order valence-electron chi connectivity index (χ3n) is 10.4. The maximum Gasteiger partial charge on any atom is 0.262 e. The zero-order valence-electron chi connectivity index (χ0n) is 25.3. The van der Waals surface area contributed by atoms with Gasteiger partial charge in [-0.25, -0.2) is 0 Å². The van der Waals surface area contributed by atoms with Crippen LogP contribution in [0, 0.1) is 5.92 Å². The van der Waals surface area contributed by atoms with Gasteiger partial charge in [0.25, 0.3) is 11.8 Å². The van der Waals surface area contributed by atoms with E-state index < -0.39 is 23.8 Å². The molecule has 3 aromatic rings. The average molecular weight is 607 g/mol. The first-order valence-corrected chi connectivity index (χ1v) is 16.4. The van der Waals surface area contributed by atoms with Crippen LogP contribution in [-0.4, -0.2) is 64.0 Å². The number of benzene rings is 2. The number of nitrogens with zero attached hydrogens (tertiary/aromatic N) is 3. The van der Waals surface area contributed by atoms with Gasteiger partial charge in [-0.15, -0.1) is 0 Å². The molecule has 0 bridgehead atoms. The summed E-state index contributed by atoms with van der Waals surface area (Å²) in [6, 6.07) is 13.5. The molecule has 10 heteroatoms. The third kappa shape index (κ3) is 5.14. The van der Waals surface area contributed by atoms with Crippen LogP contribution in [0.3, 0.4) is 0 Å². The summed E-state index contributed by atoms with van der Waals surface area (Å²) in [5.74, 6) is -0.324. The van der Waals surface area contributed by atoms with Crippen LogP contribution >= 0.6 is 0 Å². The minimum atomic E-state index is -0.959. The third-order valence-corrected chi connectivity index (χ3v) is 10.4. The molecule has 4 heterocycles. The van der Waals surface area contributed by atoms with Crippen LogP contribution in [0.1, 0.15) is 101 Å². The Hall–Kier alpha value is -4.31. The molecule has 1 atom stereocenters. The standard InChI is InChI=1S/C35H38N6O4/c42-31-10-9-30(33(43)38-31)41-34(44)27-8-7-23(17-28(27)35(41)45)37-18-20-15-24(16-20)40-19-29(32(39-40)22-5-6-22)26-4-2-1-3-25(26)21-11-13-36-14-12-21/h1-4,7-8,17,19-22,24,30,36-37H,5-6,9-16,18H2,(H,38,42,43)/t20-,24-,30?. The number of piperidine rings is 2. The van der Waals surface area contributed by atoms with Gasteiger partial charge in [-0.2, -0.15) is 5.10 Å². The largest absolute Gasteiger partial charge is 0.385 e. The van der Waals surface area contributed by atoms with E-state index in [9.17, 15) is 19.2 Å². The fraction of sp³-hybridized carbons (Fsp3) is 0.457. The highest BCUT2D eigenvalue weighted by Crippen LogP contribution is 2.47. The Labute approximate surface area is 261 Å². The molecule has 2 saturated heterocycles. The molecule has 10 nitrogen and oxygen atoms in total. The predicted molar refractivity (Wildman–Crippen MR) is 168 cm³/mol. The van der Waals surface area contributed by atoms with Gasteiger partial charge in [0.1, 0.15) is 6.04 Å². The van der Waals surface area contributed by atoms with Crippen molar-refractivity contribution in [2.45, 2.75) is 75.3 Å². The first-order valence-electron chi connectivity index (χ1n) is 16.4. The first kappa shape index (κ1) is 28.2. The van der Waals surface area contributed by atoms with Gasteiger partial charge in [0, 0.05) is 36.3 Å². The molecule has 8 rings (SSSR count). The summed E-state index contributed by atoms with van der Waals surface area (Å²) in [6.07, 6.45) is 9.40. The SMILES string of the molecule is O=C1CCC(N2C(=O)c3ccc(NC[C@H]4C[C@H](n5cc(-c6ccccc6C6CCNCC6)c(C6CC6)n5)C4)cc3C2=O)C(=O)N1. The zero-order valence-corrected chi connectivity index (χ0v) is 25.3. The van der Waals surface area contributed by atoms with E-state index in [-0.39, 0.29) is 18.7 Å². The number of nitrogens with one attached hydrogen (secondary N) is 3. The van der Waals surface area contributed by atoms with Crippen molar-refractivity contribution in [2.24, 2.45) is 5.92 Å². The number of aromatic nitrogens is 2. The van der Waals surface area contributed by atoms with Gasteiger partial charge in [-0.3, -0.25) is 34.1 Å². The van der Waals surface area contributed by atoms with E-state index in [0.717, 1.165) is 43.1 Å². The molecule has 2 aromatic carbocycles. The number of fused-ring (bicyclic) bond motifs is 1. The van der Waals surface area contributed by atoms with Crippen molar-refractivity contribution >= 4 is 29.3 Å². The van der Waals surface area contributed by atoms with Crippen LogP contribution in [0.4, 0.5) is 5.69 Å². The zero-order chi connectivity index (χ0) is 30.7. The van der Waals surface area contributed by atoms with E-state index in [2.05, 4.69) is 51.1 Å². The summed E-state index contributed by atoms with van der Waals surface area (Å²) in [4.78, 5) is 51.1. The maximum absolute atomic E-state index is 13.2. The Morgan fingerprint density at radius 2 is 1.60 bits per heavy atom. The fourth-order valence-corrected chi connectivity index (χ4v) is 7.62. The van der Waals surface area contributed by atoms with Crippen LogP contribution in [0.15, 0.2) is 48.7 Å². The van der Waals surface area contributed by atoms with Gasteiger partial charge >= 0.3 is 0 Å². The summed E-state index contributed by atoms with van der Waals surface area (Å²) in [5, 5.41) is 14.4. The number of carbonyl (C=O) groups excluding carboxylic acids is 4. The van der Waals surface area contributed by atoms with Crippen molar-refractivity contribution in [2.75, 3.05) is 25.0 Å². The summed E-state index contributed by atoms with van der Waals surface area (Å²) in [5.41, 5.74) is 6.76. The molecule has 4 amide bonds. The number of anilines is 1. The molecule has 1 aromatic heterocycles. The van der Waals surface area contributed by atoms with Crippen LogP contribution in [0.5, 0.6) is 0 Å². The highest BCUT2D eigenvalue weighted by atomic mass is 16.2. The van der Waals surface area contributed by atoms with Crippen molar-refractivity contribution in [3.8, 4) is 11.1 Å². The van der Waals surface area contributed by atoms with Gasteiger partial charge in [-0.1, -0.05) is 24.3 Å². The van der Waals surface area contributed by atoms with Crippen molar-refractivity contribution < 1.29 is 19.2 Å². The lowest BCUT2D eigenvalue weighted by Gasteiger charge is -2.35. The van der Waals surface area contributed by atoms with Crippen molar-refractivity contribution in [3.05, 3.63) is 71.0 Å². The molecule has 4 fully saturated rings. The van der Waals surface area contributed by atoms with Gasteiger partial charge in [0.15, 0.2) is 0 Å². The number of imide groups is 2. The van der Waals surface area contributed by atoms with Crippen LogP contribution in [0.2, 0.25) is 0 Å². The molecule has 2 aliphatic carbocycles. The van der Waals surface area contributed by atoms with E-state index >= 15 is 0 Å². The summed E-state index contributed by atoms with van der Waals surface area (Å²) >= 11 is 0. The molecule has 5 aliphatic rings. The first-order chi connectivity index (χ1) is 21.9. The normalized spacial score (nSPS) is 25.2. The van der Waals surface area contributed by atoms with Crippen LogP contribution in [0.25, 0.3) is 11.1 Å². The Morgan fingerprint density at radius 3 is 2.38 bits per heavy atom. The van der Waals surface area contributed by atoms with Crippen LogP contribution in [-0.2, 0) is 9.59 Å². The molecule has 45 heavy (non-hydrogen) atoms. The second kappa shape index (κ2) is 11.2. The van der Waals surface area contributed by atoms with Gasteiger partial charge in [0.05, 0.1) is 22.9 Å². The van der Waals surface area contributed by atoms with E-state index in [1.807, 2.05) is 6.07 Å². The number of hydrogen-bond acceptors (Lipinski definition) is 7. The Morgan fingerprint density at radius 1 is 0.822 bits per heavy atom. The number of carbonyl (C=O) groups is 4. The monoisotopic (exact) mass is 606 g/mol. The lowest BCUT2D eigenvalue weighted by Crippen LogP contribution is -2.54. The van der Waals surface area contributed by atoms with Crippen LogP contribution < -0.4 is 16.0 Å². The molecule has 1 unspecified atom stereocenters. The maximum atomic E-state index is 13.2. The smallest absolute Gasteiger partial charge is 0.262 e. The predicted octanol–water partition coefficient (Wildman–Crippen LogP) is 4.36. The Bertz CT molecular complexity index is 1700. The lowest BCUT2D eigenvalue weighted by molar-refractivity contribution is -0.136. The number of amides is 4. The Balaban J connectivity index is 0.924. The van der Waals surface area contributed by atoms with E-state index in [1.165, 1.54) is 48.1 Å². The second-order valence-corrected chi connectivity index (χ2v) is 13.4. The molecule has 3 aliphatic heterocycles. The molecule has 232 valence electrons. The van der Waals surface area contributed by atoms with E-state index in [0.29, 0.717) is 34.9 Å². The molecule has 2 saturated carbocycles. The minimum Gasteiger partial charge on any atom is -0.385 e. The van der Waals surface area contributed by atoms with Gasteiger partial charge < -0.3 is 10.6 Å². The molecular formula is C35H38N6O4. The lowest BCUT2D eigenvalue weighted by atomic mass is 9.80. The van der Waals surface area contributed by atoms with Crippen molar-refractivity contribution in [1.82, 2.24) is 25.3 Å². The Kier molecular flexibility index (Phi) is 7.04. The summed E-state index contributed by atoms with van der Waals surface area (Å²) in [6.45, 7) is 2.91. The van der Waals surface area contributed by atoms with Gasteiger partial charge in [0.2, 0.25) is 11.8 Å². The van der Waals surface area contributed by atoms with Crippen molar-refractivity contribution in [3.63, 3.8) is 0 Å². The highest BCUT2D eigenvalue weighted by molar-refractivity contribution is 6.23. The quantitative estimate of drug-likeness (QED) is 0.326. The average Bonchev–Trinajstić information content (AvgIpc) is 3.74. The fourth-order valence-electron chi connectivity index (χ4n) is 7.62. The summed E-state index contributed by atoms with van der Waals surface area (Å²) < 4.78 is 2.22. The highest BCUT2D eigenvalue weighted by Gasteiger charge is 2.44. The molecular weight excluding hydrogens is 568 g/mol. The van der Waals surface area contributed by atoms with E-state index in [4.69, 9.17) is 5.10 Å². The number of hydrogen-bond donors (Lipinski definition) is 3. The van der Waals surface area contributed by atoms with Crippen molar-refractivity contribution in [1.29, 1.82) is 0 Å². The minimum absolute atomic E-state index is 0.104. The molecule has 0 spiro atoms. The van der Waals surface area contributed by atoms with Gasteiger partial charge in [-0.05, 0) is 99.2 Å². The summed E-state index contributed by atoms with van der Waals surface area (Å²) in [7, 11) is 0. The topological polar surface area (TPSA) is 125 Å². The molecule has 0 radical (unpaired) electrons. The second-order valence-electron chi connectivity index (χ2n) is 13.4.